The molecular formula is C5H9N3OS. The third-order valence-electron chi connectivity index (χ3n) is 1.01. The zero-order chi connectivity index (χ0) is 7.40. The minimum absolute atomic E-state index is 0.305. The van der Waals surface area contributed by atoms with E-state index in [0.29, 0.717) is 30.5 Å². The summed E-state index contributed by atoms with van der Waals surface area (Å²) in [6.45, 7) is 0.305. The predicted octanol–water partition coefficient (Wildman–Crippen LogP) is 0.000600. The highest BCUT2D eigenvalue weighted by molar-refractivity contribution is 7.80. The zero-order valence-electron chi connectivity index (χ0n) is 5.45. The van der Waals surface area contributed by atoms with Gasteiger partial charge in [0.15, 0.2) is 0 Å². The molecule has 0 saturated heterocycles. The molecule has 2 N–H and O–H groups in total. The van der Waals surface area contributed by atoms with Crippen LogP contribution < -0.4 is 5.73 Å². The van der Waals surface area contributed by atoms with E-state index in [9.17, 15) is 0 Å². The maximum absolute atomic E-state index is 5.24. The number of hydrogen-bond donors (Lipinski definition) is 2. The molecule has 1 rings (SSSR count). The summed E-state index contributed by atoms with van der Waals surface area (Å²) in [4.78, 5) is 0. The van der Waals surface area contributed by atoms with Crippen molar-refractivity contribution in [3.8, 4) is 0 Å². The van der Waals surface area contributed by atoms with Crippen molar-refractivity contribution in [2.45, 2.75) is 13.0 Å². The lowest BCUT2D eigenvalue weighted by molar-refractivity contribution is 0.457. The highest BCUT2D eigenvalue weighted by Gasteiger charge is 2.01. The Balaban J connectivity index is 2.59. The van der Waals surface area contributed by atoms with E-state index >= 15 is 0 Å². The van der Waals surface area contributed by atoms with Gasteiger partial charge in [0, 0.05) is 6.42 Å². The Bertz CT molecular complexity index is 201. The number of nitrogens with zero attached hydrogens (tertiary/aromatic N) is 2. The van der Waals surface area contributed by atoms with Crippen LogP contribution in [0.5, 0.6) is 0 Å². The van der Waals surface area contributed by atoms with Crippen molar-refractivity contribution in [1.29, 1.82) is 0 Å². The molecule has 0 aromatic carbocycles. The van der Waals surface area contributed by atoms with Gasteiger partial charge in [0.2, 0.25) is 11.8 Å². The fraction of sp³-hybridized carbons (Fsp3) is 0.600. The molecule has 0 spiro atoms. The SMILES string of the molecule is NCc1nnc(CCS)o1. The second-order valence-electron chi connectivity index (χ2n) is 1.77. The quantitative estimate of drug-likeness (QED) is 0.609. The molecule has 0 aliphatic heterocycles. The molecule has 0 aliphatic carbocycles. The first-order valence-corrected chi connectivity index (χ1v) is 3.62. The van der Waals surface area contributed by atoms with Crippen LogP contribution in [0.1, 0.15) is 11.8 Å². The summed E-state index contributed by atoms with van der Waals surface area (Å²) < 4.78 is 5.08. The summed E-state index contributed by atoms with van der Waals surface area (Å²) >= 11 is 4.01. The van der Waals surface area contributed by atoms with E-state index in [1.807, 2.05) is 0 Å². The molecule has 0 atom stereocenters. The minimum Gasteiger partial charge on any atom is -0.424 e. The molecule has 1 aromatic rings. The second kappa shape index (κ2) is 3.58. The van der Waals surface area contributed by atoms with Crippen molar-refractivity contribution < 1.29 is 4.42 Å². The zero-order valence-corrected chi connectivity index (χ0v) is 6.34. The normalized spacial score (nSPS) is 10.2. The first-order valence-electron chi connectivity index (χ1n) is 2.99. The number of hydrogen-bond acceptors (Lipinski definition) is 5. The van der Waals surface area contributed by atoms with Crippen LogP contribution in [-0.2, 0) is 13.0 Å². The highest BCUT2D eigenvalue weighted by atomic mass is 32.1. The summed E-state index contributed by atoms with van der Waals surface area (Å²) in [6, 6.07) is 0. The van der Waals surface area contributed by atoms with Gasteiger partial charge in [0.25, 0.3) is 0 Å². The van der Waals surface area contributed by atoms with Gasteiger partial charge in [-0.25, -0.2) is 0 Å². The highest BCUT2D eigenvalue weighted by Crippen LogP contribution is 1.99. The maximum atomic E-state index is 5.24. The molecule has 56 valence electrons. The van der Waals surface area contributed by atoms with Crippen molar-refractivity contribution in [1.82, 2.24) is 10.2 Å². The first kappa shape index (κ1) is 7.56. The minimum atomic E-state index is 0.305. The van der Waals surface area contributed by atoms with E-state index < -0.39 is 0 Å². The second-order valence-corrected chi connectivity index (χ2v) is 2.21. The van der Waals surface area contributed by atoms with Crippen LogP contribution in [-0.4, -0.2) is 16.0 Å². The van der Waals surface area contributed by atoms with Crippen LogP contribution in [0, 0.1) is 0 Å². The topological polar surface area (TPSA) is 64.9 Å². The molecule has 0 saturated carbocycles. The average Bonchev–Trinajstić information content (AvgIpc) is 2.37. The smallest absolute Gasteiger partial charge is 0.230 e. The van der Waals surface area contributed by atoms with E-state index in [1.165, 1.54) is 0 Å². The van der Waals surface area contributed by atoms with Gasteiger partial charge in [0.05, 0.1) is 6.54 Å². The molecule has 0 fully saturated rings. The summed E-state index contributed by atoms with van der Waals surface area (Å²) in [7, 11) is 0. The van der Waals surface area contributed by atoms with Gasteiger partial charge in [-0.15, -0.1) is 10.2 Å². The lowest BCUT2D eigenvalue weighted by Crippen LogP contribution is -1.95. The van der Waals surface area contributed by atoms with Gasteiger partial charge in [-0.05, 0) is 5.75 Å². The van der Waals surface area contributed by atoms with E-state index in [1.54, 1.807) is 0 Å². The average molecular weight is 159 g/mol. The molecule has 5 heteroatoms. The lowest BCUT2D eigenvalue weighted by Gasteiger charge is -1.85. The molecule has 0 amide bonds. The number of aromatic nitrogens is 2. The fourth-order valence-corrected chi connectivity index (χ4v) is 0.759. The summed E-state index contributed by atoms with van der Waals surface area (Å²) in [5, 5.41) is 7.41. The molecule has 4 nitrogen and oxygen atoms in total. The van der Waals surface area contributed by atoms with Crippen molar-refractivity contribution >= 4 is 12.6 Å². The van der Waals surface area contributed by atoms with Gasteiger partial charge < -0.3 is 10.2 Å². The molecule has 0 radical (unpaired) electrons. The van der Waals surface area contributed by atoms with Crippen LogP contribution in [0.25, 0.3) is 0 Å². The van der Waals surface area contributed by atoms with E-state index in [-0.39, 0.29) is 0 Å². The van der Waals surface area contributed by atoms with Crippen LogP contribution in [0.3, 0.4) is 0 Å². The Kier molecular flexibility index (Phi) is 2.70. The molecule has 10 heavy (non-hydrogen) atoms. The van der Waals surface area contributed by atoms with Crippen LogP contribution >= 0.6 is 12.6 Å². The molecule has 1 heterocycles. The van der Waals surface area contributed by atoms with E-state index in [2.05, 4.69) is 22.8 Å². The third kappa shape index (κ3) is 1.71. The van der Waals surface area contributed by atoms with Gasteiger partial charge in [-0.2, -0.15) is 12.6 Å². The van der Waals surface area contributed by atoms with Crippen molar-refractivity contribution in [3.63, 3.8) is 0 Å². The number of aryl methyl sites for hydroxylation is 1. The van der Waals surface area contributed by atoms with Gasteiger partial charge in [0.1, 0.15) is 0 Å². The summed E-state index contributed by atoms with van der Waals surface area (Å²) in [5.74, 6) is 1.80. The Labute approximate surface area is 64.2 Å². The van der Waals surface area contributed by atoms with Crippen LogP contribution in [0.2, 0.25) is 0 Å². The lowest BCUT2D eigenvalue weighted by atomic mass is 10.5. The largest absolute Gasteiger partial charge is 0.424 e. The van der Waals surface area contributed by atoms with Crippen LogP contribution in [0.4, 0.5) is 0 Å². The Morgan fingerprint density at radius 1 is 1.40 bits per heavy atom. The Morgan fingerprint density at radius 2 is 2.10 bits per heavy atom. The third-order valence-corrected chi connectivity index (χ3v) is 1.23. The van der Waals surface area contributed by atoms with E-state index in [0.717, 1.165) is 0 Å². The monoisotopic (exact) mass is 159 g/mol. The molecule has 0 bridgehead atoms. The van der Waals surface area contributed by atoms with Crippen molar-refractivity contribution in [3.05, 3.63) is 11.8 Å². The number of nitrogens with two attached hydrogens (primary N) is 1. The predicted molar refractivity (Wildman–Crippen MR) is 39.7 cm³/mol. The molecule has 0 aliphatic rings. The first-order chi connectivity index (χ1) is 4.86. The standard InChI is InChI=1S/C5H9N3OS/c6-3-5-8-7-4(9-5)1-2-10/h10H,1-3,6H2. The molecular weight excluding hydrogens is 150 g/mol. The Morgan fingerprint density at radius 3 is 2.60 bits per heavy atom. The number of thiol groups is 1. The van der Waals surface area contributed by atoms with Gasteiger partial charge in [-0.1, -0.05) is 0 Å². The van der Waals surface area contributed by atoms with Crippen LogP contribution in [0.15, 0.2) is 4.42 Å². The molecule has 0 unspecified atom stereocenters. The summed E-state index contributed by atoms with van der Waals surface area (Å²) in [6.07, 6.45) is 0.704. The van der Waals surface area contributed by atoms with Gasteiger partial charge in [-0.3, -0.25) is 0 Å². The van der Waals surface area contributed by atoms with Crippen molar-refractivity contribution in [2.75, 3.05) is 5.75 Å². The number of rotatable bonds is 3. The van der Waals surface area contributed by atoms with E-state index in [4.69, 9.17) is 10.2 Å². The fourth-order valence-electron chi connectivity index (χ4n) is 0.568. The van der Waals surface area contributed by atoms with Gasteiger partial charge >= 0.3 is 0 Å². The molecule has 1 aromatic heterocycles. The Hall–Kier alpha value is -0.550. The van der Waals surface area contributed by atoms with Crippen molar-refractivity contribution in [2.24, 2.45) is 5.73 Å². The summed E-state index contributed by atoms with van der Waals surface area (Å²) in [5.41, 5.74) is 5.24. The maximum Gasteiger partial charge on any atom is 0.230 e.